The lowest BCUT2D eigenvalue weighted by Gasteiger charge is -2.33. The van der Waals surface area contributed by atoms with Gasteiger partial charge in [-0.25, -0.2) is 4.79 Å². The Morgan fingerprint density at radius 3 is 2.56 bits per heavy atom. The van der Waals surface area contributed by atoms with Crippen LogP contribution in [0.2, 0.25) is 0 Å². The second-order valence-electron chi connectivity index (χ2n) is 7.36. The number of hydrogen-bond donors (Lipinski definition) is 1. The van der Waals surface area contributed by atoms with Crippen molar-refractivity contribution < 1.29 is 18.7 Å². The quantitative estimate of drug-likeness (QED) is 0.904. The van der Waals surface area contributed by atoms with Crippen molar-refractivity contribution >= 4 is 23.0 Å². The van der Waals surface area contributed by atoms with Gasteiger partial charge in [0.1, 0.15) is 17.4 Å². The summed E-state index contributed by atoms with van der Waals surface area (Å²) in [6.45, 7) is 6.71. The summed E-state index contributed by atoms with van der Waals surface area (Å²) in [7, 11) is 0. The van der Waals surface area contributed by atoms with Crippen molar-refractivity contribution in [3.05, 3.63) is 36.1 Å². The van der Waals surface area contributed by atoms with Gasteiger partial charge in [-0.2, -0.15) is 0 Å². The zero-order chi connectivity index (χ0) is 18.0. The maximum absolute atomic E-state index is 12.5. The summed E-state index contributed by atoms with van der Waals surface area (Å²) >= 11 is 0. The van der Waals surface area contributed by atoms with Crippen LogP contribution >= 0.6 is 0 Å². The van der Waals surface area contributed by atoms with Crippen LogP contribution in [0.25, 0.3) is 11.0 Å². The van der Waals surface area contributed by atoms with Gasteiger partial charge in [0.2, 0.25) is 0 Å². The average molecular weight is 344 g/mol. The van der Waals surface area contributed by atoms with Crippen LogP contribution in [0, 0.1) is 0 Å². The SMILES string of the molecule is CC(C)(C)OC(=O)N1CCC(NC(=O)c2coc3ccccc23)CC1. The maximum Gasteiger partial charge on any atom is 0.410 e. The number of carbonyl (C=O) groups is 2. The van der Waals surface area contributed by atoms with E-state index in [-0.39, 0.29) is 18.0 Å². The van der Waals surface area contributed by atoms with Crippen molar-refractivity contribution in [3.63, 3.8) is 0 Å². The second-order valence-corrected chi connectivity index (χ2v) is 7.36. The third kappa shape index (κ3) is 4.13. The topological polar surface area (TPSA) is 71.8 Å². The van der Waals surface area contributed by atoms with Crippen LogP contribution < -0.4 is 5.32 Å². The molecule has 1 saturated heterocycles. The molecule has 2 aromatic rings. The monoisotopic (exact) mass is 344 g/mol. The zero-order valence-electron chi connectivity index (χ0n) is 14.9. The van der Waals surface area contributed by atoms with Crippen molar-refractivity contribution in [1.82, 2.24) is 10.2 Å². The fraction of sp³-hybridized carbons (Fsp3) is 0.474. The first-order chi connectivity index (χ1) is 11.8. The molecule has 1 aromatic carbocycles. The van der Waals surface area contributed by atoms with Gasteiger partial charge in [0.25, 0.3) is 5.91 Å². The van der Waals surface area contributed by atoms with E-state index in [2.05, 4.69) is 5.32 Å². The molecule has 25 heavy (non-hydrogen) atoms. The van der Waals surface area contributed by atoms with E-state index in [1.807, 2.05) is 45.0 Å². The molecule has 2 amide bonds. The van der Waals surface area contributed by atoms with E-state index in [9.17, 15) is 9.59 Å². The Bertz CT molecular complexity index is 767. The molecule has 3 rings (SSSR count). The molecule has 1 aliphatic rings. The zero-order valence-corrected chi connectivity index (χ0v) is 14.9. The molecule has 0 unspecified atom stereocenters. The largest absolute Gasteiger partial charge is 0.463 e. The van der Waals surface area contributed by atoms with Crippen molar-refractivity contribution in [2.75, 3.05) is 13.1 Å². The second kappa shape index (κ2) is 6.78. The molecule has 0 radical (unpaired) electrons. The number of furan rings is 1. The highest BCUT2D eigenvalue weighted by Crippen LogP contribution is 2.21. The molecule has 6 nitrogen and oxygen atoms in total. The summed E-state index contributed by atoms with van der Waals surface area (Å²) in [6.07, 6.45) is 2.62. The van der Waals surface area contributed by atoms with Gasteiger partial charge in [0.05, 0.1) is 5.56 Å². The number of amides is 2. The van der Waals surface area contributed by atoms with Crippen LogP contribution in [0.1, 0.15) is 44.0 Å². The lowest BCUT2D eigenvalue weighted by Crippen LogP contribution is -2.47. The van der Waals surface area contributed by atoms with Gasteiger partial charge >= 0.3 is 6.09 Å². The highest BCUT2D eigenvalue weighted by atomic mass is 16.6. The van der Waals surface area contributed by atoms with Crippen LogP contribution in [0.4, 0.5) is 4.79 Å². The first-order valence-electron chi connectivity index (χ1n) is 8.58. The number of para-hydroxylation sites is 1. The van der Waals surface area contributed by atoms with Crippen LogP contribution in [0.5, 0.6) is 0 Å². The molecule has 0 spiro atoms. The predicted molar refractivity (Wildman–Crippen MR) is 94.5 cm³/mol. The summed E-state index contributed by atoms with van der Waals surface area (Å²) in [5.74, 6) is -0.138. The van der Waals surface area contributed by atoms with Gasteiger partial charge in [-0.3, -0.25) is 4.79 Å². The lowest BCUT2D eigenvalue weighted by molar-refractivity contribution is 0.0200. The smallest absolute Gasteiger partial charge is 0.410 e. The Morgan fingerprint density at radius 2 is 1.88 bits per heavy atom. The minimum atomic E-state index is -0.496. The normalized spacial score (nSPS) is 16.0. The fourth-order valence-corrected chi connectivity index (χ4v) is 2.95. The molecule has 0 aliphatic carbocycles. The predicted octanol–water partition coefficient (Wildman–Crippen LogP) is 3.56. The Balaban J connectivity index is 1.55. The van der Waals surface area contributed by atoms with Crippen LogP contribution in [0.3, 0.4) is 0 Å². The Hall–Kier alpha value is -2.50. The van der Waals surface area contributed by atoms with Crippen LogP contribution in [-0.4, -0.2) is 41.6 Å². The number of nitrogens with one attached hydrogen (secondary N) is 1. The number of nitrogens with zero attached hydrogens (tertiary/aromatic N) is 1. The number of piperidine rings is 1. The Morgan fingerprint density at radius 1 is 1.20 bits per heavy atom. The fourth-order valence-electron chi connectivity index (χ4n) is 2.95. The van der Waals surface area contributed by atoms with Gasteiger partial charge in [-0.1, -0.05) is 18.2 Å². The van der Waals surface area contributed by atoms with Gasteiger partial charge < -0.3 is 19.4 Å². The Kier molecular flexibility index (Phi) is 4.70. The van der Waals surface area contributed by atoms with E-state index in [4.69, 9.17) is 9.15 Å². The van der Waals surface area contributed by atoms with E-state index < -0.39 is 5.60 Å². The van der Waals surface area contributed by atoms with E-state index >= 15 is 0 Å². The van der Waals surface area contributed by atoms with Crippen molar-refractivity contribution in [3.8, 4) is 0 Å². The third-order valence-corrected chi connectivity index (χ3v) is 4.21. The molecule has 1 N–H and O–H groups in total. The molecule has 1 aromatic heterocycles. The summed E-state index contributed by atoms with van der Waals surface area (Å²) < 4.78 is 10.8. The molecular weight excluding hydrogens is 320 g/mol. The van der Waals surface area contributed by atoms with Gasteiger partial charge in [-0.05, 0) is 39.7 Å². The van der Waals surface area contributed by atoms with Gasteiger partial charge in [0, 0.05) is 24.5 Å². The number of fused-ring (bicyclic) bond motifs is 1. The first kappa shape index (κ1) is 17.3. The minimum absolute atomic E-state index is 0.0415. The molecular formula is C19H24N2O4. The number of ether oxygens (including phenoxy) is 1. The summed E-state index contributed by atoms with van der Waals surface area (Å²) in [5, 5.41) is 3.85. The molecule has 0 bridgehead atoms. The number of benzene rings is 1. The van der Waals surface area contributed by atoms with E-state index in [1.54, 1.807) is 4.90 Å². The van der Waals surface area contributed by atoms with Crippen LogP contribution in [0.15, 0.2) is 34.9 Å². The van der Waals surface area contributed by atoms with Gasteiger partial charge in [0.15, 0.2) is 0 Å². The third-order valence-electron chi connectivity index (χ3n) is 4.21. The number of hydrogen-bond acceptors (Lipinski definition) is 4. The summed E-state index contributed by atoms with van der Waals surface area (Å²) in [6, 6.07) is 7.51. The first-order valence-corrected chi connectivity index (χ1v) is 8.58. The van der Waals surface area contributed by atoms with Crippen molar-refractivity contribution in [2.24, 2.45) is 0 Å². The van der Waals surface area contributed by atoms with Crippen LogP contribution in [-0.2, 0) is 4.74 Å². The summed E-state index contributed by atoms with van der Waals surface area (Å²) in [4.78, 5) is 26.3. The molecule has 1 aliphatic heterocycles. The number of rotatable bonds is 2. The minimum Gasteiger partial charge on any atom is -0.463 e. The molecule has 1 fully saturated rings. The number of carbonyl (C=O) groups excluding carboxylic acids is 2. The maximum atomic E-state index is 12.5. The molecule has 6 heteroatoms. The molecule has 2 heterocycles. The number of likely N-dealkylation sites (tertiary alicyclic amines) is 1. The molecule has 0 saturated carbocycles. The Labute approximate surface area is 147 Å². The van der Waals surface area contributed by atoms with E-state index in [0.717, 1.165) is 5.39 Å². The summed E-state index contributed by atoms with van der Waals surface area (Å²) in [5.41, 5.74) is 0.752. The molecule has 134 valence electrons. The molecule has 0 atom stereocenters. The van der Waals surface area contributed by atoms with E-state index in [0.29, 0.717) is 37.1 Å². The highest BCUT2D eigenvalue weighted by Gasteiger charge is 2.28. The highest BCUT2D eigenvalue weighted by molar-refractivity contribution is 6.06. The van der Waals surface area contributed by atoms with Crippen molar-refractivity contribution in [2.45, 2.75) is 45.3 Å². The van der Waals surface area contributed by atoms with E-state index in [1.165, 1.54) is 6.26 Å². The average Bonchev–Trinajstić information content (AvgIpc) is 2.98. The van der Waals surface area contributed by atoms with Crippen molar-refractivity contribution in [1.29, 1.82) is 0 Å². The standard InChI is InChI=1S/C19H24N2O4/c1-19(2,3)25-18(23)21-10-8-13(9-11-21)20-17(22)15-12-24-16-7-5-4-6-14(15)16/h4-7,12-13H,8-11H2,1-3H3,(H,20,22). The van der Waals surface area contributed by atoms with Gasteiger partial charge in [-0.15, -0.1) is 0 Å². The lowest BCUT2D eigenvalue weighted by atomic mass is 10.0.